The fraction of sp³-hybridized carbons (Fsp3) is 0.636. The van der Waals surface area contributed by atoms with E-state index in [0.717, 1.165) is 17.5 Å². The van der Waals surface area contributed by atoms with E-state index in [1.807, 2.05) is 0 Å². The predicted molar refractivity (Wildman–Crippen MR) is 66.2 cm³/mol. The Labute approximate surface area is 100 Å². The summed E-state index contributed by atoms with van der Waals surface area (Å²) in [6, 6.07) is 0. The molecule has 1 heterocycles. The first-order valence-electron chi connectivity index (χ1n) is 5.80. The van der Waals surface area contributed by atoms with Crippen LogP contribution in [-0.2, 0) is 13.1 Å². The Morgan fingerprint density at radius 3 is 3.06 bits per heavy atom. The van der Waals surface area contributed by atoms with Gasteiger partial charge in [-0.2, -0.15) is 0 Å². The molecule has 2 N–H and O–H groups in total. The van der Waals surface area contributed by atoms with Crippen molar-refractivity contribution in [2.75, 3.05) is 0 Å². The third kappa shape index (κ3) is 2.47. The summed E-state index contributed by atoms with van der Waals surface area (Å²) in [5.41, 5.74) is 5.63. The van der Waals surface area contributed by atoms with Crippen molar-refractivity contribution >= 4 is 11.8 Å². The number of aromatic nitrogens is 3. The van der Waals surface area contributed by atoms with Gasteiger partial charge in [-0.1, -0.05) is 23.9 Å². The lowest BCUT2D eigenvalue weighted by atomic mass is 10.1. The highest BCUT2D eigenvalue weighted by molar-refractivity contribution is 7.99. The van der Waals surface area contributed by atoms with Gasteiger partial charge in [0.05, 0.1) is 6.54 Å². The lowest BCUT2D eigenvalue weighted by Crippen LogP contribution is -2.10. The summed E-state index contributed by atoms with van der Waals surface area (Å²) in [5, 5.41) is 9.88. The molecule has 1 aliphatic carbocycles. The first kappa shape index (κ1) is 11.7. The van der Waals surface area contributed by atoms with Crippen LogP contribution >= 0.6 is 11.8 Å². The van der Waals surface area contributed by atoms with Gasteiger partial charge in [0.1, 0.15) is 5.82 Å². The molecule has 4 nitrogen and oxygen atoms in total. The first-order valence-corrected chi connectivity index (χ1v) is 6.68. The highest BCUT2D eigenvalue weighted by Crippen LogP contribution is 2.29. The standard InChI is InChI=1S/C11H18N4S/c1-2-15-10(8-12)13-14-11(15)16-9-6-4-3-5-7-9/h4,6,9H,2-3,5,7-8,12H2,1H3. The molecule has 0 fully saturated rings. The number of rotatable bonds is 4. The SMILES string of the molecule is CCn1c(CN)nnc1SC1C=CCCC1. The fourth-order valence-electron chi connectivity index (χ4n) is 1.89. The van der Waals surface area contributed by atoms with Gasteiger partial charge in [0, 0.05) is 11.8 Å². The lowest BCUT2D eigenvalue weighted by molar-refractivity contribution is 0.640. The van der Waals surface area contributed by atoms with Crippen molar-refractivity contribution in [3.63, 3.8) is 0 Å². The fourth-order valence-corrected chi connectivity index (χ4v) is 3.08. The molecule has 1 aromatic heterocycles. The average molecular weight is 238 g/mol. The van der Waals surface area contributed by atoms with Crippen LogP contribution in [0.25, 0.3) is 0 Å². The van der Waals surface area contributed by atoms with Crippen molar-refractivity contribution in [2.45, 2.75) is 49.7 Å². The molecule has 88 valence electrons. The number of nitrogens with two attached hydrogens (primary N) is 1. The maximum atomic E-state index is 5.63. The van der Waals surface area contributed by atoms with Gasteiger partial charge in [-0.25, -0.2) is 0 Å². The Hall–Kier alpha value is -0.810. The monoisotopic (exact) mass is 238 g/mol. The molecule has 2 rings (SSSR count). The molecule has 1 atom stereocenters. The molecule has 0 amide bonds. The van der Waals surface area contributed by atoms with E-state index in [4.69, 9.17) is 5.73 Å². The maximum absolute atomic E-state index is 5.63. The van der Waals surface area contributed by atoms with Crippen LogP contribution in [0.5, 0.6) is 0 Å². The van der Waals surface area contributed by atoms with Crippen LogP contribution in [0.15, 0.2) is 17.3 Å². The van der Waals surface area contributed by atoms with Crippen LogP contribution in [0.4, 0.5) is 0 Å². The van der Waals surface area contributed by atoms with Gasteiger partial charge in [0.15, 0.2) is 5.16 Å². The van der Waals surface area contributed by atoms with Crippen LogP contribution in [-0.4, -0.2) is 20.0 Å². The third-order valence-electron chi connectivity index (χ3n) is 2.76. The van der Waals surface area contributed by atoms with Gasteiger partial charge in [-0.15, -0.1) is 10.2 Å². The highest BCUT2D eigenvalue weighted by Gasteiger charge is 2.15. The van der Waals surface area contributed by atoms with E-state index in [1.165, 1.54) is 19.3 Å². The Morgan fingerprint density at radius 1 is 1.56 bits per heavy atom. The second-order valence-electron chi connectivity index (χ2n) is 3.86. The van der Waals surface area contributed by atoms with E-state index in [-0.39, 0.29) is 0 Å². The summed E-state index contributed by atoms with van der Waals surface area (Å²) in [6.45, 7) is 3.45. The molecule has 0 bridgehead atoms. The zero-order valence-corrected chi connectivity index (χ0v) is 10.4. The van der Waals surface area contributed by atoms with E-state index in [1.54, 1.807) is 11.8 Å². The van der Waals surface area contributed by atoms with Gasteiger partial charge >= 0.3 is 0 Å². The van der Waals surface area contributed by atoms with Gasteiger partial charge in [-0.3, -0.25) is 0 Å². The van der Waals surface area contributed by atoms with Crippen LogP contribution in [0.2, 0.25) is 0 Å². The molecular formula is C11H18N4S. The highest BCUT2D eigenvalue weighted by atomic mass is 32.2. The van der Waals surface area contributed by atoms with Crippen molar-refractivity contribution in [2.24, 2.45) is 5.73 Å². The summed E-state index contributed by atoms with van der Waals surface area (Å²) >= 11 is 1.80. The molecule has 0 spiro atoms. The van der Waals surface area contributed by atoms with Crippen LogP contribution in [0, 0.1) is 0 Å². The van der Waals surface area contributed by atoms with Crippen molar-refractivity contribution < 1.29 is 0 Å². The van der Waals surface area contributed by atoms with E-state index in [0.29, 0.717) is 11.8 Å². The molecule has 0 saturated carbocycles. The number of thioether (sulfide) groups is 1. The second-order valence-corrected chi connectivity index (χ2v) is 5.07. The van der Waals surface area contributed by atoms with Crippen molar-refractivity contribution in [3.05, 3.63) is 18.0 Å². The van der Waals surface area contributed by atoms with E-state index < -0.39 is 0 Å². The van der Waals surface area contributed by atoms with E-state index in [9.17, 15) is 0 Å². The molecule has 0 aromatic carbocycles. The molecule has 0 aliphatic heterocycles. The van der Waals surface area contributed by atoms with Gasteiger partial charge in [0.2, 0.25) is 0 Å². The molecule has 0 saturated heterocycles. The number of allylic oxidation sites excluding steroid dienone is 1. The number of hydrogen-bond donors (Lipinski definition) is 1. The summed E-state index contributed by atoms with van der Waals surface area (Å²) < 4.78 is 2.10. The molecule has 0 radical (unpaired) electrons. The molecule has 1 unspecified atom stereocenters. The molecule has 1 aliphatic rings. The predicted octanol–water partition coefficient (Wildman–Crippen LogP) is 1.96. The summed E-state index contributed by atoms with van der Waals surface area (Å²) in [5.74, 6) is 0.879. The normalized spacial score (nSPS) is 20.2. The van der Waals surface area contributed by atoms with Crippen LogP contribution in [0.3, 0.4) is 0 Å². The van der Waals surface area contributed by atoms with Gasteiger partial charge < -0.3 is 10.3 Å². The summed E-state index contributed by atoms with van der Waals surface area (Å²) in [7, 11) is 0. The number of hydrogen-bond acceptors (Lipinski definition) is 4. The quantitative estimate of drug-likeness (QED) is 0.815. The van der Waals surface area contributed by atoms with Crippen molar-refractivity contribution in [1.82, 2.24) is 14.8 Å². The van der Waals surface area contributed by atoms with Crippen LogP contribution < -0.4 is 5.73 Å². The topological polar surface area (TPSA) is 56.7 Å². The smallest absolute Gasteiger partial charge is 0.191 e. The maximum Gasteiger partial charge on any atom is 0.191 e. The third-order valence-corrected chi connectivity index (χ3v) is 3.97. The Bertz CT molecular complexity index is 372. The Kier molecular flexibility index (Phi) is 4.01. The van der Waals surface area contributed by atoms with E-state index in [2.05, 4.69) is 33.8 Å². The minimum atomic E-state index is 0.460. The lowest BCUT2D eigenvalue weighted by Gasteiger charge is -2.15. The minimum Gasteiger partial charge on any atom is -0.324 e. The summed E-state index contributed by atoms with van der Waals surface area (Å²) in [6.07, 6.45) is 8.27. The number of nitrogens with zero attached hydrogens (tertiary/aromatic N) is 3. The molecule has 16 heavy (non-hydrogen) atoms. The zero-order chi connectivity index (χ0) is 11.4. The van der Waals surface area contributed by atoms with Gasteiger partial charge in [-0.05, 0) is 26.2 Å². The Morgan fingerprint density at radius 2 is 2.44 bits per heavy atom. The minimum absolute atomic E-state index is 0.460. The molecule has 1 aromatic rings. The average Bonchev–Trinajstić information content (AvgIpc) is 2.72. The first-order chi connectivity index (χ1) is 7.85. The summed E-state index contributed by atoms with van der Waals surface area (Å²) in [4.78, 5) is 0. The zero-order valence-electron chi connectivity index (χ0n) is 9.59. The van der Waals surface area contributed by atoms with Gasteiger partial charge in [0.25, 0.3) is 0 Å². The second kappa shape index (κ2) is 5.50. The Balaban J connectivity index is 2.11. The van der Waals surface area contributed by atoms with E-state index >= 15 is 0 Å². The molecular weight excluding hydrogens is 220 g/mol. The van der Waals surface area contributed by atoms with Crippen molar-refractivity contribution in [1.29, 1.82) is 0 Å². The molecule has 5 heteroatoms. The van der Waals surface area contributed by atoms with Crippen molar-refractivity contribution in [3.8, 4) is 0 Å². The van der Waals surface area contributed by atoms with Crippen LogP contribution in [0.1, 0.15) is 32.0 Å². The largest absolute Gasteiger partial charge is 0.324 e.